The van der Waals surface area contributed by atoms with E-state index in [1.54, 1.807) is 0 Å². The fraction of sp³-hybridized carbons (Fsp3) is 0.304. The van der Waals surface area contributed by atoms with Gasteiger partial charge in [0.15, 0.2) is 5.82 Å². The van der Waals surface area contributed by atoms with E-state index < -0.39 is 34.6 Å². The minimum atomic E-state index is -4.92. The molecule has 29 heavy (non-hydrogen) atoms. The maximum Gasteiger partial charge on any atom is 0.458 e. The van der Waals surface area contributed by atoms with Gasteiger partial charge in [-0.2, -0.15) is 13.2 Å². The van der Waals surface area contributed by atoms with Crippen LogP contribution in [0.3, 0.4) is 0 Å². The Morgan fingerprint density at radius 1 is 0.931 bits per heavy atom. The molecule has 0 heterocycles. The van der Waals surface area contributed by atoms with Gasteiger partial charge >= 0.3 is 6.18 Å². The summed E-state index contributed by atoms with van der Waals surface area (Å²) in [5, 5.41) is -0.743. The number of hydrogen-bond acceptors (Lipinski definition) is 0. The molecule has 1 aliphatic carbocycles. The molecule has 2 aromatic rings. The van der Waals surface area contributed by atoms with Crippen LogP contribution in [-0.2, 0) is 0 Å². The van der Waals surface area contributed by atoms with Crippen molar-refractivity contribution < 1.29 is 26.3 Å². The molecule has 1 aliphatic rings. The van der Waals surface area contributed by atoms with E-state index in [0.29, 0.717) is 5.92 Å². The van der Waals surface area contributed by atoms with Crippen molar-refractivity contribution in [2.75, 3.05) is 0 Å². The molecule has 0 nitrogen and oxygen atoms in total. The molecule has 0 atom stereocenters. The van der Waals surface area contributed by atoms with E-state index >= 15 is 0 Å². The lowest BCUT2D eigenvalue weighted by Crippen LogP contribution is -2.11. The Kier molecular flexibility index (Phi) is 5.94. The van der Waals surface area contributed by atoms with E-state index in [0.717, 1.165) is 43.7 Å². The van der Waals surface area contributed by atoms with E-state index in [-0.39, 0.29) is 16.9 Å². The first kappa shape index (κ1) is 20.9. The van der Waals surface area contributed by atoms with Gasteiger partial charge in [0.05, 0.1) is 10.9 Å². The summed E-state index contributed by atoms with van der Waals surface area (Å²) in [4.78, 5) is 0. The minimum Gasteiger partial charge on any atom is -0.206 e. The van der Waals surface area contributed by atoms with Gasteiger partial charge in [-0.1, -0.05) is 23.8 Å². The van der Waals surface area contributed by atoms with Gasteiger partial charge in [-0.15, -0.1) is 6.58 Å². The van der Waals surface area contributed by atoms with Crippen LogP contribution >= 0.6 is 0 Å². The van der Waals surface area contributed by atoms with Crippen molar-refractivity contribution in [3.05, 3.63) is 59.4 Å². The number of fused-ring (bicyclic) bond motifs is 1. The molecule has 6 heteroatoms. The van der Waals surface area contributed by atoms with Gasteiger partial charge in [0, 0.05) is 17.4 Å². The topological polar surface area (TPSA) is 0 Å². The second-order valence-corrected chi connectivity index (χ2v) is 6.97. The fourth-order valence-electron chi connectivity index (χ4n) is 3.42. The van der Waals surface area contributed by atoms with Gasteiger partial charge in [0.25, 0.3) is 0 Å². The lowest BCUT2D eigenvalue weighted by molar-refractivity contribution is -0.0696. The summed E-state index contributed by atoms with van der Waals surface area (Å²) < 4.78 is 79.6. The number of alkyl halides is 3. The smallest absolute Gasteiger partial charge is 0.206 e. The van der Waals surface area contributed by atoms with Gasteiger partial charge in [-0.25, -0.2) is 13.2 Å². The van der Waals surface area contributed by atoms with Crippen LogP contribution in [0, 0.1) is 53.0 Å². The Morgan fingerprint density at radius 2 is 1.62 bits per heavy atom. The highest BCUT2D eigenvalue weighted by Crippen LogP contribution is 2.30. The SMILES string of the molecule is C=CC1CCC(C#Cc2cc(F)c3c(F)c(C#CC(F)(F)F)c(F)cc3c2)CC1. The molecule has 0 aliphatic heterocycles. The molecule has 0 amide bonds. The van der Waals surface area contributed by atoms with Gasteiger partial charge in [0.1, 0.15) is 11.6 Å². The summed E-state index contributed by atoms with van der Waals surface area (Å²) in [6, 6.07) is 3.07. The third-order valence-electron chi connectivity index (χ3n) is 4.94. The third-order valence-corrected chi connectivity index (χ3v) is 4.94. The predicted octanol–water partition coefficient (Wildman–Crippen LogP) is 6.51. The molecule has 1 fully saturated rings. The normalized spacial score (nSPS) is 19.1. The lowest BCUT2D eigenvalue weighted by Gasteiger charge is -2.22. The van der Waals surface area contributed by atoms with E-state index in [1.165, 1.54) is 12.0 Å². The molecule has 0 spiro atoms. The minimum absolute atomic E-state index is 0.128. The van der Waals surface area contributed by atoms with Crippen molar-refractivity contribution in [2.45, 2.75) is 31.9 Å². The fourth-order valence-corrected chi connectivity index (χ4v) is 3.42. The highest BCUT2D eigenvalue weighted by molar-refractivity contribution is 5.87. The molecular formula is C23H16F6. The molecule has 150 valence electrons. The van der Waals surface area contributed by atoms with Crippen LogP contribution in [0.15, 0.2) is 30.9 Å². The first-order valence-corrected chi connectivity index (χ1v) is 9.03. The molecule has 0 radical (unpaired) electrons. The van der Waals surface area contributed by atoms with Crippen LogP contribution in [0.25, 0.3) is 10.8 Å². The zero-order chi connectivity index (χ0) is 21.2. The Morgan fingerprint density at radius 3 is 2.24 bits per heavy atom. The largest absolute Gasteiger partial charge is 0.458 e. The van der Waals surface area contributed by atoms with Crippen molar-refractivity contribution in [1.29, 1.82) is 0 Å². The second kappa shape index (κ2) is 8.25. The highest BCUT2D eigenvalue weighted by Gasteiger charge is 2.24. The van der Waals surface area contributed by atoms with Crippen LogP contribution in [0.4, 0.5) is 26.3 Å². The predicted molar refractivity (Wildman–Crippen MR) is 99.3 cm³/mol. The summed E-state index contributed by atoms with van der Waals surface area (Å²) in [6.07, 6.45) is 0.754. The van der Waals surface area contributed by atoms with E-state index in [9.17, 15) is 26.3 Å². The molecular weight excluding hydrogens is 390 g/mol. The zero-order valence-corrected chi connectivity index (χ0v) is 15.3. The Hall–Kier alpha value is -2.86. The maximum atomic E-state index is 14.5. The van der Waals surface area contributed by atoms with Crippen LogP contribution in [0.5, 0.6) is 0 Å². The number of allylic oxidation sites excluding steroid dienone is 1. The summed E-state index contributed by atoms with van der Waals surface area (Å²) in [7, 11) is 0. The number of halogens is 6. The van der Waals surface area contributed by atoms with Crippen molar-refractivity contribution in [2.24, 2.45) is 11.8 Å². The molecule has 0 bridgehead atoms. The molecule has 0 N–H and O–H groups in total. The second-order valence-electron chi connectivity index (χ2n) is 6.97. The van der Waals surface area contributed by atoms with Crippen LogP contribution < -0.4 is 0 Å². The highest BCUT2D eigenvalue weighted by atomic mass is 19.4. The Bertz CT molecular complexity index is 1060. The van der Waals surface area contributed by atoms with Gasteiger partial charge in [0.2, 0.25) is 0 Å². The lowest BCUT2D eigenvalue weighted by atomic mass is 9.82. The molecule has 0 saturated heterocycles. The maximum absolute atomic E-state index is 14.5. The molecule has 0 unspecified atom stereocenters. The summed E-state index contributed by atoms with van der Waals surface area (Å²) in [6.45, 7) is 3.78. The number of hydrogen-bond donors (Lipinski definition) is 0. The summed E-state index contributed by atoms with van der Waals surface area (Å²) in [5.74, 6) is 4.95. The van der Waals surface area contributed by atoms with Crippen LogP contribution in [0.1, 0.15) is 36.8 Å². The monoisotopic (exact) mass is 406 g/mol. The zero-order valence-electron chi connectivity index (χ0n) is 15.3. The van der Waals surface area contributed by atoms with Crippen molar-refractivity contribution >= 4 is 10.8 Å². The quantitative estimate of drug-likeness (QED) is 0.288. The number of benzene rings is 2. The van der Waals surface area contributed by atoms with Crippen molar-refractivity contribution in [1.82, 2.24) is 0 Å². The summed E-state index contributed by atoms with van der Waals surface area (Å²) in [5.41, 5.74) is -0.875. The molecule has 3 rings (SSSR count). The number of rotatable bonds is 1. The van der Waals surface area contributed by atoms with Crippen molar-refractivity contribution in [3.63, 3.8) is 0 Å². The van der Waals surface area contributed by atoms with E-state index in [2.05, 4.69) is 18.4 Å². The first-order valence-electron chi connectivity index (χ1n) is 9.03. The van der Waals surface area contributed by atoms with E-state index in [1.807, 2.05) is 6.08 Å². The molecule has 1 saturated carbocycles. The standard InChI is InChI=1S/C23H16F6/c1-2-14-3-5-15(6-4-14)7-8-16-11-17-13-19(24)18(9-10-23(27,28)29)22(26)21(17)20(25)12-16/h2,11-15H,1,3-6H2. The van der Waals surface area contributed by atoms with Crippen LogP contribution in [0.2, 0.25) is 0 Å². The average molecular weight is 406 g/mol. The van der Waals surface area contributed by atoms with Gasteiger partial charge < -0.3 is 0 Å². The van der Waals surface area contributed by atoms with Crippen molar-refractivity contribution in [3.8, 4) is 23.7 Å². The third kappa shape index (κ3) is 4.95. The average Bonchev–Trinajstić information content (AvgIpc) is 2.65. The Labute approximate surface area is 164 Å². The Balaban J connectivity index is 1.95. The molecule has 0 aromatic heterocycles. The van der Waals surface area contributed by atoms with E-state index in [4.69, 9.17) is 0 Å². The van der Waals surface area contributed by atoms with Gasteiger partial charge in [-0.3, -0.25) is 0 Å². The molecule has 2 aromatic carbocycles. The summed E-state index contributed by atoms with van der Waals surface area (Å²) >= 11 is 0. The van der Waals surface area contributed by atoms with Crippen LogP contribution in [-0.4, -0.2) is 6.18 Å². The first-order chi connectivity index (χ1) is 13.7. The van der Waals surface area contributed by atoms with Gasteiger partial charge in [-0.05, 0) is 55.2 Å².